The van der Waals surface area contributed by atoms with E-state index in [1.54, 1.807) is 24.1 Å². The van der Waals surface area contributed by atoms with Crippen LogP contribution in [-0.2, 0) is 14.8 Å². The van der Waals surface area contributed by atoms with Crippen molar-refractivity contribution in [1.82, 2.24) is 5.01 Å². The SMILES string of the molecule is CCOc1ccccc1C1CC(c2ccc(NS(=O)(=O)CC)cc2)=NN1C(=O)CC. The monoisotopic (exact) mass is 429 g/mol. The van der Waals surface area contributed by atoms with Crippen LogP contribution in [-0.4, -0.2) is 37.4 Å². The summed E-state index contributed by atoms with van der Waals surface area (Å²) in [6.07, 6.45) is 0.900. The Hall–Kier alpha value is -2.87. The first kappa shape index (κ1) is 21.8. The van der Waals surface area contributed by atoms with Crippen LogP contribution in [0.4, 0.5) is 5.69 Å². The van der Waals surface area contributed by atoms with E-state index in [2.05, 4.69) is 9.82 Å². The van der Waals surface area contributed by atoms with E-state index in [0.29, 0.717) is 25.1 Å². The Balaban J connectivity index is 1.89. The minimum atomic E-state index is -3.33. The molecule has 3 rings (SSSR count). The Morgan fingerprint density at radius 2 is 1.83 bits per heavy atom. The van der Waals surface area contributed by atoms with Gasteiger partial charge in [0, 0.05) is 24.1 Å². The number of hydrazone groups is 1. The third kappa shape index (κ3) is 4.81. The van der Waals surface area contributed by atoms with Crippen molar-refractivity contribution in [2.45, 2.75) is 39.7 Å². The summed E-state index contributed by atoms with van der Waals surface area (Å²) >= 11 is 0. The summed E-state index contributed by atoms with van der Waals surface area (Å²) in [7, 11) is -3.33. The molecule has 0 aliphatic carbocycles. The Morgan fingerprint density at radius 1 is 1.13 bits per heavy atom. The number of nitrogens with zero attached hydrogens (tertiary/aromatic N) is 2. The predicted octanol–water partition coefficient (Wildman–Crippen LogP) is 3.93. The smallest absolute Gasteiger partial charge is 0.242 e. The Morgan fingerprint density at radius 3 is 2.47 bits per heavy atom. The molecule has 30 heavy (non-hydrogen) atoms. The molecular weight excluding hydrogens is 402 g/mol. The third-order valence-corrected chi connectivity index (χ3v) is 6.22. The van der Waals surface area contributed by atoms with Crippen LogP contribution in [0.2, 0.25) is 0 Å². The van der Waals surface area contributed by atoms with E-state index < -0.39 is 10.0 Å². The first-order valence-electron chi connectivity index (χ1n) is 10.1. The van der Waals surface area contributed by atoms with E-state index in [-0.39, 0.29) is 17.7 Å². The Labute approximate surface area is 177 Å². The quantitative estimate of drug-likeness (QED) is 0.689. The van der Waals surface area contributed by atoms with Crippen molar-refractivity contribution >= 4 is 27.3 Å². The van der Waals surface area contributed by atoms with Crippen molar-refractivity contribution in [3.05, 3.63) is 59.7 Å². The van der Waals surface area contributed by atoms with Gasteiger partial charge in [-0.25, -0.2) is 13.4 Å². The second-order valence-corrected chi connectivity index (χ2v) is 8.92. The van der Waals surface area contributed by atoms with Gasteiger partial charge in [-0.1, -0.05) is 37.3 Å². The van der Waals surface area contributed by atoms with E-state index >= 15 is 0 Å². The number of ether oxygens (including phenoxy) is 1. The van der Waals surface area contributed by atoms with Gasteiger partial charge in [-0.2, -0.15) is 5.10 Å². The van der Waals surface area contributed by atoms with E-state index in [1.165, 1.54) is 0 Å². The molecule has 0 aromatic heterocycles. The van der Waals surface area contributed by atoms with Gasteiger partial charge in [-0.15, -0.1) is 0 Å². The normalized spacial score (nSPS) is 16.3. The summed E-state index contributed by atoms with van der Waals surface area (Å²) in [5.74, 6) is 0.699. The van der Waals surface area contributed by atoms with Crippen molar-refractivity contribution < 1.29 is 17.9 Å². The molecule has 0 fully saturated rings. The standard InChI is InChI=1S/C22H27N3O4S/c1-4-22(26)25-20(18-9-7-8-10-21(18)29-5-2)15-19(23-25)16-11-13-17(14-12-16)24-30(27,28)6-3/h7-14,20,24H,4-6,15H2,1-3H3. The lowest BCUT2D eigenvalue weighted by atomic mass is 9.97. The van der Waals surface area contributed by atoms with Gasteiger partial charge in [0.1, 0.15) is 5.75 Å². The van der Waals surface area contributed by atoms with Crippen LogP contribution in [0.3, 0.4) is 0 Å². The second kappa shape index (κ2) is 9.30. The molecule has 1 N–H and O–H groups in total. The zero-order valence-electron chi connectivity index (χ0n) is 17.5. The molecule has 160 valence electrons. The maximum absolute atomic E-state index is 12.6. The van der Waals surface area contributed by atoms with E-state index in [1.807, 2.05) is 50.2 Å². The molecule has 1 atom stereocenters. The Bertz CT molecular complexity index is 1030. The number of sulfonamides is 1. The minimum Gasteiger partial charge on any atom is -0.494 e. The number of carbonyl (C=O) groups is 1. The predicted molar refractivity (Wildman–Crippen MR) is 118 cm³/mol. The summed E-state index contributed by atoms with van der Waals surface area (Å²) < 4.78 is 31.8. The lowest BCUT2D eigenvalue weighted by molar-refractivity contribution is -0.132. The maximum atomic E-state index is 12.6. The number of para-hydroxylation sites is 1. The van der Waals surface area contributed by atoms with E-state index in [9.17, 15) is 13.2 Å². The highest BCUT2D eigenvalue weighted by Gasteiger charge is 2.34. The van der Waals surface area contributed by atoms with Gasteiger partial charge in [0.05, 0.1) is 24.1 Å². The Kier molecular flexibility index (Phi) is 6.77. The lowest BCUT2D eigenvalue weighted by Gasteiger charge is -2.23. The number of hydrogen-bond acceptors (Lipinski definition) is 5. The van der Waals surface area contributed by atoms with Crippen LogP contribution in [0, 0.1) is 0 Å². The zero-order chi connectivity index (χ0) is 21.7. The molecule has 1 aliphatic rings. The van der Waals surface area contributed by atoms with Gasteiger partial charge < -0.3 is 4.74 Å². The molecule has 2 aromatic carbocycles. The summed E-state index contributed by atoms with van der Waals surface area (Å²) in [6, 6.07) is 14.5. The van der Waals surface area contributed by atoms with Gasteiger partial charge in [0.15, 0.2) is 0 Å². The molecule has 0 bridgehead atoms. The topological polar surface area (TPSA) is 88.1 Å². The average molecular weight is 430 g/mol. The largest absolute Gasteiger partial charge is 0.494 e. The highest BCUT2D eigenvalue weighted by molar-refractivity contribution is 7.92. The fourth-order valence-corrected chi connectivity index (χ4v) is 3.98. The zero-order valence-corrected chi connectivity index (χ0v) is 18.3. The molecule has 0 saturated heterocycles. The molecular formula is C22H27N3O4S. The van der Waals surface area contributed by atoms with Crippen LogP contribution >= 0.6 is 0 Å². The number of carbonyl (C=O) groups excluding carboxylic acids is 1. The summed E-state index contributed by atoms with van der Waals surface area (Å²) in [5, 5.41) is 6.16. The maximum Gasteiger partial charge on any atom is 0.242 e. The van der Waals surface area contributed by atoms with Gasteiger partial charge in [0.25, 0.3) is 0 Å². The molecule has 1 amide bonds. The fourth-order valence-electron chi connectivity index (χ4n) is 3.34. The highest BCUT2D eigenvalue weighted by Crippen LogP contribution is 2.37. The van der Waals surface area contributed by atoms with E-state index in [4.69, 9.17) is 4.74 Å². The van der Waals surface area contributed by atoms with Crippen LogP contribution in [0.15, 0.2) is 53.6 Å². The number of hydrogen-bond donors (Lipinski definition) is 1. The number of nitrogens with one attached hydrogen (secondary N) is 1. The first-order chi connectivity index (χ1) is 14.4. The van der Waals surface area contributed by atoms with Crippen molar-refractivity contribution in [3.8, 4) is 5.75 Å². The number of anilines is 1. The summed E-state index contributed by atoms with van der Waals surface area (Å²) in [5.41, 5.74) is 3.05. The van der Waals surface area contributed by atoms with Gasteiger partial charge in [-0.3, -0.25) is 9.52 Å². The fraction of sp³-hybridized carbons (Fsp3) is 0.364. The van der Waals surface area contributed by atoms with Crippen molar-refractivity contribution in [1.29, 1.82) is 0 Å². The molecule has 0 spiro atoms. The molecule has 7 nitrogen and oxygen atoms in total. The molecule has 1 unspecified atom stereocenters. The molecule has 0 radical (unpaired) electrons. The summed E-state index contributed by atoms with van der Waals surface area (Å²) in [6.45, 7) is 5.87. The average Bonchev–Trinajstić information content (AvgIpc) is 3.19. The third-order valence-electron chi connectivity index (χ3n) is 4.92. The molecule has 1 aliphatic heterocycles. The highest BCUT2D eigenvalue weighted by atomic mass is 32.2. The van der Waals surface area contributed by atoms with Crippen LogP contribution in [0.25, 0.3) is 0 Å². The first-order valence-corrected chi connectivity index (χ1v) is 11.8. The number of benzene rings is 2. The van der Waals surface area contributed by atoms with Crippen LogP contribution in [0.5, 0.6) is 5.75 Å². The second-order valence-electron chi connectivity index (χ2n) is 6.91. The molecule has 1 heterocycles. The molecule has 2 aromatic rings. The number of amides is 1. The van der Waals surface area contributed by atoms with Gasteiger partial charge in [-0.05, 0) is 37.6 Å². The lowest BCUT2D eigenvalue weighted by Crippen LogP contribution is -2.26. The molecule has 8 heteroatoms. The minimum absolute atomic E-state index is 0.0104. The van der Waals surface area contributed by atoms with Crippen molar-refractivity contribution in [2.75, 3.05) is 17.1 Å². The van der Waals surface area contributed by atoms with Crippen molar-refractivity contribution in [3.63, 3.8) is 0 Å². The molecule has 0 saturated carbocycles. The van der Waals surface area contributed by atoms with E-state index in [0.717, 1.165) is 22.6 Å². The van der Waals surface area contributed by atoms with Crippen molar-refractivity contribution in [2.24, 2.45) is 5.10 Å². The summed E-state index contributed by atoms with van der Waals surface area (Å²) in [4.78, 5) is 12.6. The van der Waals surface area contributed by atoms with Gasteiger partial charge >= 0.3 is 0 Å². The number of rotatable bonds is 8. The van der Waals surface area contributed by atoms with Crippen LogP contribution < -0.4 is 9.46 Å². The van der Waals surface area contributed by atoms with Gasteiger partial charge in [0.2, 0.25) is 15.9 Å². The van der Waals surface area contributed by atoms with Crippen LogP contribution in [0.1, 0.15) is 50.8 Å².